The molecule has 0 radical (unpaired) electrons. The molecule has 5 aliphatic rings. The van der Waals surface area contributed by atoms with Crippen molar-refractivity contribution in [1.82, 2.24) is 0 Å². The zero-order chi connectivity index (χ0) is 28.9. The molecule has 2 aliphatic carbocycles. The average Bonchev–Trinajstić information content (AvgIpc) is 2.93. The first kappa shape index (κ1) is 30.4. The van der Waals surface area contributed by atoms with Crippen LogP contribution < -0.4 is 0 Å². The van der Waals surface area contributed by atoms with Gasteiger partial charge in [-0.2, -0.15) is 0 Å². The lowest BCUT2D eigenvalue weighted by atomic mass is 9.64. The number of methoxy groups -OCH3 is 2. The molecule has 0 bridgehead atoms. The zero-order valence-electron chi connectivity index (χ0n) is 22.5. The third-order valence-electron chi connectivity index (χ3n) is 9.58. The molecular formula is C26H42O14. The molecular weight excluding hydrogens is 536 g/mol. The molecule has 5 fully saturated rings. The molecule has 40 heavy (non-hydrogen) atoms. The van der Waals surface area contributed by atoms with Crippen molar-refractivity contribution in [2.45, 2.75) is 118 Å². The summed E-state index contributed by atoms with van der Waals surface area (Å²) in [5.41, 5.74) is 0. The molecule has 0 aromatic carbocycles. The number of hydrogen-bond donors (Lipinski definition) is 7. The highest BCUT2D eigenvalue weighted by Crippen LogP contribution is 2.51. The van der Waals surface area contributed by atoms with Gasteiger partial charge < -0.3 is 64.2 Å². The Hall–Kier alpha value is -1.01. The van der Waals surface area contributed by atoms with Crippen LogP contribution in [0.15, 0.2) is 0 Å². The van der Waals surface area contributed by atoms with Gasteiger partial charge in [0.25, 0.3) is 0 Å². The smallest absolute Gasteiger partial charge is 0.332 e. The van der Waals surface area contributed by atoms with Gasteiger partial charge in [-0.15, -0.1) is 0 Å². The van der Waals surface area contributed by atoms with Gasteiger partial charge in [0.15, 0.2) is 12.4 Å². The molecule has 2 saturated carbocycles. The molecule has 0 aromatic heterocycles. The predicted octanol–water partition coefficient (Wildman–Crippen LogP) is -2.63. The van der Waals surface area contributed by atoms with Gasteiger partial charge in [0, 0.05) is 26.6 Å². The number of rotatable bonds is 7. The molecule has 0 amide bonds. The summed E-state index contributed by atoms with van der Waals surface area (Å²) >= 11 is 0. The monoisotopic (exact) mass is 578 g/mol. The van der Waals surface area contributed by atoms with Crippen LogP contribution in [0, 0.1) is 17.8 Å². The maximum Gasteiger partial charge on any atom is 0.332 e. The fourth-order valence-corrected chi connectivity index (χ4v) is 7.58. The van der Waals surface area contributed by atoms with Gasteiger partial charge >= 0.3 is 5.97 Å². The van der Waals surface area contributed by atoms with Crippen molar-refractivity contribution in [1.29, 1.82) is 0 Å². The molecule has 7 N–H and O–H groups in total. The summed E-state index contributed by atoms with van der Waals surface area (Å²) < 4.78 is 35.7. The molecule has 230 valence electrons. The molecule has 5 rings (SSSR count). The number of aliphatic carboxylic acids is 1. The Morgan fingerprint density at radius 3 is 2.00 bits per heavy atom. The van der Waals surface area contributed by atoms with E-state index in [0.717, 1.165) is 0 Å². The fraction of sp³-hybridized carbons (Fsp3) is 0.962. The van der Waals surface area contributed by atoms with E-state index in [1.54, 1.807) is 0 Å². The topological polar surface area (TPSA) is 214 Å². The van der Waals surface area contributed by atoms with Crippen molar-refractivity contribution in [2.24, 2.45) is 17.8 Å². The van der Waals surface area contributed by atoms with Crippen molar-refractivity contribution in [3.8, 4) is 0 Å². The van der Waals surface area contributed by atoms with Crippen molar-refractivity contribution in [3.63, 3.8) is 0 Å². The van der Waals surface area contributed by atoms with E-state index in [1.807, 2.05) is 0 Å². The van der Waals surface area contributed by atoms with Crippen LogP contribution in [0.4, 0.5) is 0 Å². The highest BCUT2D eigenvalue weighted by atomic mass is 16.7. The van der Waals surface area contributed by atoms with Crippen molar-refractivity contribution in [3.05, 3.63) is 0 Å². The number of carboxylic acids is 1. The molecule has 14 nitrogen and oxygen atoms in total. The Balaban J connectivity index is 1.51. The van der Waals surface area contributed by atoms with Crippen LogP contribution in [0.1, 0.15) is 32.1 Å². The van der Waals surface area contributed by atoms with E-state index in [1.165, 1.54) is 14.2 Å². The molecule has 3 saturated heterocycles. The average molecular weight is 579 g/mol. The van der Waals surface area contributed by atoms with Crippen LogP contribution in [-0.2, 0) is 33.2 Å². The standard InChI is InChI=1S/C26H42O14/c1-35-14-3-9(4-15(36-2)19(14)29)23-24(40-26-22(32)21(31)20(30)17(8-27)39-26)11-7-16(25(33)34)37-12-5-10(28)6-13(38-23)18(11)12/h9-24,26-32H,3-8H2,1-2H3,(H,33,34)/t9?,10?,11?,12?,13?,14?,15?,16?,17-,18?,19?,20-,21+,22-,23?,24?,26+/m1/s1. The molecule has 3 heterocycles. The van der Waals surface area contributed by atoms with E-state index in [-0.39, 0.29) is 24.7 Å². The number of carboxylic acid groups (broad SMARTS) is 1. The van der Waals surface area contributed by atoms with Crippen LogP contribution >= 0.6 is 0 Å². The van der Waals surface area contributed by atoms with Gasteiger partial charge in [-0.05, 0) is 37.5 Å². The molecule has 3 aliphatic heterocycles. The maximum atomic E-state index is 12.1. The Bertz CT molecular complexity index is 860. The van der Waals surface area contributed by atoms with E-state index < -0.39 is 104 Å². The van der Waals surface area contributed by atoms with E-state index in [4.69, 9.17) is 28.4 Å². The summed E-state index contributed by atoms with van der Waals surface area (Å²) in [5.74, 6) is -2.24. The molecule has 10 unspecified atom stereocenters. The minimum Gasteiger partial charge on any atom is -0.479 e. The second-order valence-electron chi connectivity index (χ2n) is 11.8. The summed E-state index contributed by atoms with van der Waals surface area (Å²) in [5, 5.41) is 72.3. The van der Waals surface area contributed by atoms with Crippen LogP contribution in [-0.4, -0.2) is 148 Å². The van der Waals surface area contributed by atoms with Crippen LogP contribution in [0.3, 0.4) is 0 Å². The van der Waals surface area contributed by atoms with Gasteiger partial charge in [0.05, 0.1) is 49.3 Å². The molecule has 0 aromatic rings. The van der Waals surface area contributed by atoms with Crippen LogP contribution in [0.5, 0.6) is 0 Å². The summed E-state index contributed by atoms with van der Waals surface area (Å²) in [6.07, 6.45) is -12.8. The van der Waals surface area contributed by atoms with Gasteiger partial charge in [-0.1, -0.05) is 0 Å². The first-order chi connectivity index (χ1) is 19.1. The molecule has 15 atom stereocenters. The van der Waals surface area contributed by atoms with Crippen molar-refractivity contribution >= 4 is 5.97 Å². The maximum absolute atomic E-state index is 12.1. The van der Waals surface area contributed by atoms with E-state index >= 15 is 0 Å². The fourth-order valence-electron chi connectivity index (χ4n) is 7.58. The second kappa shape index (κ2) is 12.3. The number of carbonyl (C=O) groups is 1. The number of aliphatic hydroxyl groups excluding tert-OH is 6. The Kier molecular flexibility index (Phi) is 9.37. The summed E-state index contributed by atoms with van der Waals surface area (Å²) in [6, 6.07) is 0. The number of ether oxygens (including phenoxy) is 6. The Morgan fingerprint density at radius 1 is 0.800 bits per heavy atom. The van der Waals surface area contributed by atoms with Crippen LogP contribution in [0.25, 0.3) is 0 Å². The van der Waals surface area contributed by atoms with Gasteiger partial charge in [0.1, 0.15) is 30.5 Å². The summed E-state index contributed by atoms with van der Waals surface area (Å²) in [4.78, 5) is 12.1. The van der Waals surface area contributed by atoms with Gasteiger partial charge in [-0.25, -0.2) is 4.79 Å². The van der Waals surface area contributed by atoms with Gasteiger partial charge in [-0.3, -0.25) is 0 Å². The summed E-state index contributed by atoms with van der Waals surface area (Å²) in [6.45, 7) is -0.635. The quantitative estimate of drug-likeness (QED) is 0.165. The lowest BCUT2D eigenvalue weighted by Gasteiger charge is -2.58. The lowest BCUT2D eigenvalue weighted by Crippen LogP contribution is -2.67. The van der Waals surface area contributed by atoms with Crippen molar-refractivity contribution < 1.29 is 69.0 Å². The predicted molar refractivity (Wildman–Crippen MR) is 131 cm³/mol. The summed E-state index contributed by atoms with van der Waals surface area (Å²) in [7, 11) is 2.97. The third kappa shape index (κ3) is 5.54. The third-order valence-corrected chi connectivity index (χ3v) is 9.58. The van der Waals surface area contributed by atoms with Crippen LogP contribution in [0.2, 0.25) is 0 Å². The SMILES string of the molecule is COC1CC(C2OC3CC(O)CC4OC(C(=O)O)CC(C2O[C@@H]2O[C@H](CO)[C@@H](O)[C@H](O)[C@H]2O)C43)CC(OC)C1O. The first-order valence-electron chi connectivity index (χ1n) is 14.0. The molecule has 0 spiro atoms. The van der Waals surface area contributed by atoms with E-state index in [0.29, 0.717) is 19.3 Å². The zero-order valence-corrected chi connectivity index (χ0v) is 22.5. The van der Waals surface area contributed by atoms with Crippen molar-refractivity contribution in [2.75, 3.05) is 20.8 Å². The minimum atomic E-state index is -1.66. The first-order valence-corrected chi connectivity index (χ1v) is 14.0. The minimum absolute atomic E-state index is 0.0712. The largest absolute Gasteiger partial charge is 0.479 e. The molecule has 14 heteroatoms. The number of aliphatic hydroxyl groups is 6. The second-order valence-corrected chi connectivity index (χ2v) is 11.8. The van der Waals surface area contributed by atoms with E-state index in [9.17, 15) is 40.5 Å². The lowest BCUT2D eigenvalue weighted by molar-refractivity contribution is -0.351. The highest BCUT2D eigenvalue weighted by molar-refractivity contribution is 5.72. The van der Waals surface area contributed by atoms with E-state index in [2.05, 4.69) is 0 Å². The highest BCUT2D eigenvalue weighted by Gasteiger charge is 2.60. The Labute approximate surface area is 231 Å². The van der Waals surface area contributed by atoms with Gasteiger partial charge in [0.2, 0.25) is 0 Å². The number of hydrogen-bond acceptors (Lipinski definition) is 13. The normalized spacial score (nSPS) is 53.0. The Morgan fingerprint density at radius 2 is 1.43 bits per heavy atom.